The third-order valence-electron chi connectivity index (χ3n) is 2.11. The minimum Gasteiger partial charge on any atom is -0.443 e. The maximum Gasteiger partial charge on any atom is 0.426 e. The lowest BCUT2D eigenvalue weighted by atomic mass is 10.2. The van der Waals surface area contributed by atoms with Gasteiger partial charge in [0.25, 0.3) is 5.91 Å². The van der Waals surface area contributed by atoms with Gasteiger partial charge in [-0.05, 0) is 32.9 Å². The molecule has 0 radical (unpaired) electrons. The second kappa shape index (κ2) is 7.72. The molecule has 3 N–H and O–H groups in total. The van der Waals surface area contributed by atoms with Crippen molar-refractivity contribution in [3.05, 3.63) is 23.9 Å². The molecule has 2 amide bonds. The van der Waals surface area contributed by atoms with Crippen LogP contribution in [0.1, 0.15) is 31.1 Å². The van der Waals surface area contributed by atoms with Gasteiger partial charge in [-0.2, -0.15) is 12.6 Å². The number of nitrogens with zero attached hydrogens (tertiary/aromatic N) is 1. The number of rotatable bonds is 5. The summed E-state index contributed by atoms with van der Waals surface area (Å²) in [5.74, 6) is 0.744. The first kappa shape index (κ1) is 17.1. The lowest BCUT2D eigenvalue weighted by Crippen LogP contribution is -2.36. The Balaban J connectivity index is 2.48. The van der Waals surface area contributed by atoms with Crippen molar-refractivity contribution in [2.45, 2.75) is 26.4 Å². The van der Waals surface area contributed by atoms with Crippen LogP contribution in [0.2, 0.25) is 0 Å². The number of aromatic nitrogens is 1. The van der Waals surface area contributed by atoms with Gasteiger partial charge in [0.2, 0.25) is 0 Å². The molecule has 116 valence electrons. The number of carbonyl (C=O) groups excluding carboxylic acids is 2. The van der Waals surface area contributed by atoms with Crippen molar-refractivity contribution in [1.29, 1.82) is 0 Å². The normalized spacial score (nSPS) is 10.7. The number of amides is 2. The van der Waals surface area contributed by atoms with Crippen LogP contribution in [0.15, 0.2) is 18.3 Å². The zero-order valence-electron chi connectivity index (χ0n) is 12.3. The number of anilines is 1. The monoisotopic (exact) mass is 312 g/mol. The van der Waals surface area contributed by atoms with Gasteiger partial charge in [-0.25, -0.2) is 15.2 Å². The summed E-state index contributed by atoms with van der Waals surface area (Å²) in [5, 5.41) is 2.68. The lowest BCUT2D eigenvalue weighted by molar-refractivity contribution is 0.0540. The molecular formula is C13H20N4O3S. The van der Waals surface area contributed by atoms with E-state index in [9.17, 15) is 9.59 Å². The van der Waals surface area contributed by atoms with Gasteiger partial charge in [-0.3, -0.25) is 10.2 Å². The molecule has 1 aromatic rings. The lowest BCUT2D eigenvalue weighted by Gasteiger charge is -2.19. The summed E-state index contributed by atoms with van der Waals surface area (Å²) in [6, 6.07) is 3.17. The number of thiol groups is 1. The molecule has 0 aliphatic heterocycles. The van der Waals surface area contributed by atoms with Crippen molar-refractivity contribution in [3.8, 4) is 0 Å². The highest BCUT2D eigenvalue weighted by Crippen LogP contribution is 2.07. The Morgan fingerprint density at radius 2 is 2.05 bits per heavy atom. The molecule has 7 nitrogen and oxygen atoms in total. The van der Waals surface area contributed by atoms with E-state index in [2.05, 4.69) is 33.8 Å². The van der Waals surface area contributed by atoms with Crippen LogP contribution in [0.25, 0.3) is 0 Å². The van der Waals surface area contributed by atoms with Gasteiger partial charge in [0, 0.05) is 18.5 Å². The average Bonchev–Trinajstić information content (AvgIpc) is 2.41. The Morgan fingerprint density at radius 1 is 1.33 bits per heavy atom. The van der Waals surface area contributed by atoms with Crippen molar-refractivity contribution in [3.63, 3.8) is 0 Å². The van der Waals surface area contributed by atoms with E-state index >= 15 is 0 Å². The van der Waals surface area contributed by atoms with Gasteiger partial charge in [0.15, 0.2) is 0 Å². The molecule has 1 heterocycles. The van der Waals surface area contributed by atoms with Crippen molar-refractivity contribution < 1.29 is 14.3 Å². The minimum absolute atomic E-state index is 0.219. The van der Waals surface area contributed by atoms with Crippen LogP contribution in [0, 0.1) is 0 Å². The van der Waals surface area contributed by atoms with Gasteiger partial charge >= 0.3 is 6.09 Å². The molecule has 0 atom stereocenters. The second-order valence-electron chi connectivity index (χ2n) is 5.16. The molecule has 8 heteroatoms. The fraction of sp³-hybridized carbons (Fsp3) is 0.462. The third kappa shape index (κ3) is 6.84. The summed E-state index contributed by atoms with van der Waals surface area (Å²) in [5.41, 5.74) is 4.81. The van der Waals surface area contributed by atoms with Crippen LogP contribution >= 0.6 is 12.6 Å². The molecule has 0 aromatic carbocycles. The molecule has 0 saturated carbocycles. The number of carbonyl (C=O) groups is 2. The Hall–Kier alpha value is -1.96. The summed E-state index contributed by atoms with van der Waals surface area (Å²) in [6.45, 7) is 5.79. The Kier molecular flexibility index (Phi) is 6.29. The molecular weight excluding hydrogens is 292 g/mol. The summed E-state index contributed by atoms with van der Waals surface area (Å²) >= 11 is 4.01. The highest BCUT2D eigenvalue weighted by molar-refractivity contribution is 7.80. The van der Waals surface area contributed by atoms with E-state index < -0.39 is 11.7 Å². The number of hydrazine groups is 1. The number of hydrogen-bond acceptors (Lipinski definition) is 6. The quantitative estimate of drug-likeness (QED) is 0.489. The second-order valence-corrected chi connectivity index (χ2v) is 5.61. The highest BCUT2D eigenvalue weighted by atomic mass is 32.1. The van der Waals surface area contributed by atoms with E-state index in [1.165, 1.54) is 6.20 Å². The first-order valence-electron chi connectivity index (χ1n) is 6.42. The van der Waals surface area contributed by atoms with Crippen LogP contribution < -0.4 is 16.2 Å². The Labute approximate surface area is 129 Å². The number of ether oxygens (including phenoxy) is 1. The van der Waals surface area contributed by atoms with Gasteiger partial charge in [-0.1, -0.05) is 0 Å². The van der Waals surface area contributed by atoms with Gasteiger partial charge in [-0.15, -0.1) is 0 Å². The topological polar surface area (TPSA) is 92.4 Å². The van der Waals surface area contributed by atoms with Crippen LogP contribution in [-0.4, -0.2) is 34.9 Å². The fourth-order valence-electron chi connectivity index (χ4n) is 1.29. The summed E-state index contributed by atoms with van der Waals surface area (Å²) in [4.78, 5) is 27.1. The maximum absolute atomic E-state index is 11.6. The van der Waals surface area contributed by atoms with Gasteiger partial charge < -0.3 is 10.1 Å². The molecule has 0 aliphatic rings. The van der Waals surface area contributed by atoms with E-state index in [-0.39, 0.29) is 5.91 Å². The summed E-state index contributed by atoms with van der Waals surface area (Å²) in [6.07, 6.45) is 0.798. The van der Waals surface area contributed by atoms with Crippen molar-refractivity contribution >= 4 is 30.4 Å². The first-order valence-corrected chi connectivity index (χ1v) is 7.05. The molecule has 0 spiro atoms. The Morgan fingerprint density at radius 3 is 2.57 bits per heavy atom. The van der Waals surface area contributed by atoms with Crippen LogP contribution in [-0.2, 0) is 4.74 Å². The van der Waals surface area contributed by atoms with Crippen molar-refractivity contribution in [2.75, 3.05) is 17.7 Å². The maximum atomic E-state index is 11.6. The summed E-state index contributed by atoms with van der Waals surface area (Å²) < 4.78 is 5.05. The van der Waals surface area contributed by atoms with Gasteiger partial charge in [0.05, 0.1) is 5.56 Å². The number of hydrogen-bond donors (Lipinski definition) is 4. The zero-order chi connectivity index (χ0) is 15.9. The van der Waals surface area contributed by atoms with E-state index in [4.69, 9.17) is 4.74 Å². The van der Waals surface area contributed by atoms with E-state index in [1.54, 1.807) is 32.9 Å². The van der Waals surface area contributed by atoms with Crippen molar-refractivity contribution in [2.24, 2.45) is 0 Å². The molecule has 21 heavy (non-hydrogen) atoms. The zero-order valence-corrected chi connectivity index (χ0v) is 13.2. The van der Waals surface area contributed by atoms with Crippen molar-refractivity contribution in [1.82, 2.24) is 15.7 Å². The number of pyridine rings is 1. The highest BCUT2D eigenvalue weighted by Gasteiger charge is 2.15. The summed E-state index contributed by atoms with van der Waals surface area (Å²) in [7, 11) is 0. The number of nitrogens with one attached hydrogen (secondary N) is 3. The van der Waals surface area contributed by atoms with Gasteiger partial charge in [0.1, 0.15) is 11.4 Å². The SMILES string of the molecule is CC(C)(C)OC(=O)NNc1ccc(C(=O)NCCS)cn1. The standard InChI is InChI=1S/C13H20N4O3S/c1-13(2,3)20-12(19)17-16-10-5-4-9(8-15-10)11(18)14-6-7-21/h4-5,8,21H,6-7H2,1-3H3,(H,14,18)(H,15,16)(H,17,19). The predicted molar refractivity (Wildman–Crippen MR) is 83.4 cm³/mol. The first-order chi connectivity index (χ1) is 9.81. The molecule has 0 bridgehead atoms. The smallest absolute Gasteiger partial charge is 0.426 e. The predicted octanol–water partition coefficient (Wildman–Crippen LogP) is 1.59. The molecule has 0 aliphatic carbocycles. The molecule has 0 saturated heterocycles. The Bertz CT molecular complexity index is 485. The van der Waals surface area contributed by atoms with E-state index in [0.29, 0.717) is 23.7 Å². The van der Waals surface area contributed by atoms with Crippen LogP contribution in [0.5, 0.6) is 0 Å². The van der Waals surface area contributed by atoms with E-state index in [1.807, 2.05) is 0 Å². The molecule has 0 fully saturated rings. The molecule has 0 unspecified atom stereocenters. The minimum atomic E-state index is -0.611. The molecule has 1 aromatic heterocycles. The fourth-order valence-corrected chi connectivity index (χ4v) is 1.40. The van der Waals surface area contributed by atoms with Crippen LogP contribution in [0.4, 0.5) is 10.6 Å². The third-order valence-corrected chi connectivity index (χ3v) is 2.34. The molecule has 1 rings (SSSR count). The van der Waals surface area contributed by atoms with E-state index in [0.717, 1.165) is 0 Å². The largest absolute Gasteiger partial charge is 0.443 e. The van der Waals surface area contributed by atoms with Crippen LogP contribution in [0.3, 0.4) is 0 Å². The average molecular weight is 312 g/mol.